The molecule has 0 bridgehead atoms. The minimum Gasteiger partial charge on any atom is -0.376 e. The van der Waals surface area contributed by atoms with E-state index in [1.807, 2.05) is 6.92 Å². The van der Waals surface area contributed by atoms with Gasteiger partial charge in [-0.2, -0.15) is 0 Å². The molecule has 0 unspecified atom stereocenters. The van der Waals surface area contributed by atoms with E-state index in [1.165, 1.54) is 23.5 Å². The SMILES string of the molecule is Cc1ccc(S(=O)(=O)NCC(=O)N(CC(=O)NC2CCCCC2)C[C@@H]2CCCO2)cc1. The molecule has 1 atom stereocenters. The number of sulfonamides is 1. The molecule has 2 amide bonds. The van der Waals surface area contributed by atoms with Crippen molar-refractivity contribution in [2.45, 2.75) is 68.9 Å². The van der Waals surface area contributed by atoms with Crippen LogP contribution in [-0.2, 0) is 24.3 Å². The predicted octanol–water partition coefficient (Wildman–Crippen LogP) is 1.73. The van der Waals surface area contributed by atoms with Gasteiger partial charge in [-0.25, -0.2) is 13.1 Å². The molecule has 1 saturated carbocycles. The summed E-state index contributed by atoms with van der Waals surface area (Å²) in [6, 6.07) is 6.57. The number of carbonyl (C=O) groups is 2. The minimum absolute atomic E-state index is 0.0958. The van der Waals surface area contributed by atoms with Gasteiger partial charge in [0.25, 0.3) is 0 Å². The Morgan fingerprint density at radius 3 is 2.42 bits per heavy atom. The standard InChI is InChI=1S/C22H33N3O5S/c1-17-9-11-20(12-10-17)31(28,29)23-14-22(27)25(15-19-8-5-13-30-19)16-21(26)24-18-6-3-2-4-7-18/h9-12,18-19,23H,2-8,13-16H2,1H3,(H,24,26)/t19-/m0/s1. The van der Waals surface area contributed by atoms with Crippen molar-refractivity contribution >= 4 is 21.8 Å². The zero-order chi connectivity index (χ0) is 22.3. The Morgan fingerprint density at radius 2 is 1.77 bits per heavy atom. The van der Waals surface area contributed by atoms with Gasteiger partial charge in [0.15, 0.2) is 0 Å². The van der Waals surface area contributed by atoms with Crippen LogP contribution in [0.15, 0.2) is 29.2 Å². The van der Waals surface area contributed by atoms with Crippen molar-refractivity contribution in [1.29, 1.82) is 0 Å². The van der Waals surface area contributed by atoms with Crippen molar-refractivity contribution in [3.8, 4) is 0 Å². The van der Waals surface area contributed by atoms with E-state index in [0.717, 1.165) is 44.1 Å². The molecule has 1 aliphatic carbocycles. The zero-order valence-electron chi connectivity index (χ0n) is 18.1. The van der Waals surface area contributed by atoms with E-state index in [0.29, 0.717) is 6.61 Å². The highest BCUT2D eigenvalue weighted by Crippen LogP contribution is 2.18. The number of rotatable bonds is 9. The molecule has 3 rings (SSSR count). The summed E-state index contributed by atoms with van der Waals surface area (Å²) in [6.45, 7) is 2.29. The van der Waals surface area contributed by atoms with E-state index in [9.17, 15) is 18.0 Å². The van der Waals surface area contributed by atoms with E-state index >= 15 is 0 Å². The molecule has 1 aromatic carbocycles. The maximum absolute atomic E-state index is 12.9. The number of hydrogen-bond donors (Lipinski definition) is 2. The van der Waals surface area contributed by atoms with E-state index in [2.05, 4.69) is 10.0 Å². The third kappa shape index (κ3) is 7.29. The lowest BCUT2D eigenvalue weighted by atomic mass is 9.95. The van der Waals surface area contributed by atoms with Crippen molar-refractivity contribution in [3.05, 3.63) is 29.8 Å². The van der Waals surface area contributed by atoms with Crippen LogP contribution in [0.25, 0.3) is 0 Å². The average Bonchev–Trinajstić information content (AvgIpc) is 3.26. The summed E-state index contributed by atoms with van der Waals surface area (Å²) < 4.78 is 33.0. The second-order valence-corrected chi connectivity index (χ2v) is 10.2. The highest BCUT2D eigenvalue weighted by Gasteiger charge is 2.26. The number of ether oxygens (including phenoxy) is 1. The molecule has 2 fully saturated rings. The molecule has 1 aromatic rings. The fourth-order valence-electron chi connectivity index (χ4n) is 4.05. The van der Waals surface area contributed by atoms with E-state index < -0.39 is 22.5 Å². The van der Waals surface area contributed by atoms with Gasteiger partial charge in [0.1, 0.15) is 0 Å². The van der Waals surface area contributed by atoms with Gasteiger partial charge in [0.2, 0.25) is 21.8 Å². The minimum atomic E-state index is -3.81. The van der Waals surface area contributed by atoms with Crippen LogP contribution in [0.3, 0.4) is 0 Å². The first kappa shape index (κ1) is 23.7. The van der Waals surface area contributed by atoms with Gasteiger partial charge in [-0.15, -0.1) is 0 Å². The largest absolute Gasteiger partial charge is 0.376 e. The normalized spacial score (nSPS) is 19.8. The van der Waals surface area contributed by atoms with Crippen LogP contribution in [-0.4, -0.2) is 63.5 Å². The quantitative estimate of drug-likeness (QED) is 0.595. The average molecular weight is 452 g/mol. The number of nitrogens with zero attached hydrogens (tertiary/aromatic N) is 1. The first-order valence-corrected chi connectivity index (χ1v) is 12.6. The predicted molar refractivity (Wildman–Crippen MR) is 117 cm³/mol. The molecule has 2 N–H and O–H groups in total. The van der Waals surface area contributed by atoms with Gasteiger partial charge in [0.05, 0.1) is 24.1 Å². The van der Waals surface area contributed by atoms with Gasteiger partial charge in [0, 0.05) is 19.2 Å². The molecule has 0 radical (unpaired) electrons. The molecule has 8 nitrogen and oxygen atoms in total. The smallest absolute Gasteiger partial charge is 0.241 e. The van der Waals surface area contributed by atoms with E-state index in [1.54, 1.807) is 12.1 Å². The maximum atomic E-state index is 12.9. The Balaban J connectivity index is 1.59. The lowest BCUT2D eigenvalue weighted by Gasteiger charge is -2.27. The first-order valence-electron chi connectivity index (χ1n) is 11.1. The molecule has 31 heavy (non-hydrogen) atoms. The highest BCUT2D eigenvalue weighted by molar-refractivity contribution is 7.89. The summed E-state index contributed by atoms with van der Waals surface area (Å²) in [5.74, 6) is -0.649. The second kappa shape index (κ2) is 11.1. The van der Waals surface area contributed by atoms with Crippen LogP contribution in [0, 0.1) is 6.92 Å². The molecule has 2 aliphatic rings. The number of carbonyl (C=O) groups excluding carboxylic acids is 2. The number of amides is 2. The van der Waals surface area contributed by atoms with Gasteiger partial charge < -0.3 is 15.0 Å². The lowest BCUT2D eigenvalue weighted by molar-refractivity contribution is -0.136. The number of benzene rings is 1. The fraction of sp³-hybridized carbons (Fsp3) is 0.636. The van der Waals surface area contributed by atoms with E-state index in [-0.39, 0.29) is 36.0 Å². The van der Waals surface area contributed by atoms with Crippen molar-refractivity contribution in [2.24, 2.45) is 0 Å². The number of aryl methyl sites for hydroxylation is 1. The van der Waals surface area contributed by atoms with Crippen molar-refractivity contribution in [3.63, 3.8) is 0 Å². The Kier molecular flexibility index (Phi) is 8.45. The molecule has 0 aromatic heterocycles. The zero-order valence-corrected chi connectivity index (χ0v) is 19.0. The number of hydrogen-bond acceptors (Lipinski definition) is 5. The van der Waals surface area contributed by atoms with Gasteiger partial charge in [-0.1, -0.05) is 37.0 Å². The van der Waals surface area contributed by atoms with Crippen LogP contribution >= 0.6 is 0 Å². The molecule has 1 saturated heterocycles. The first-order chi connectivity index (χ1) is 14.8. The molecule has 1 heterocycles. The summed E-state index contributed by atoms with van der Waals surface area (Å²) in [7, 11) is -3.81. The Hall–Kier alpha value is -1.97. The summed E-state index contributed by atoms with van der Waals surface area (Å²) in [5, 5.41) is 3.02. The second-order valence-electron chi connectivity index (χ2n) is 8.45. The van der Waals surface area contributed by atoms with Crippen molar-refractivity contribution < 1.29 is 22.7 Å². The third-order valence-corrected chi connectivity index (χ3v) is 7.27. The van der Waals surface area contributed by atoms with Crippen LogP contribution in [0.4, 0.5) is 0 Å². The molecule has 172 valence electrons. The third-order valence-electron chi connectivity index (χ3n) is 5.85. The lowest BCUT2D eigenvalue weighted by Crippen LogP contribution is -2.49. The van der Waals surface area contributed by atoms with Crippen LogP contribution in [0.2, 0.25) is 0 Å². The Morgan fingerprint density at radius 1 is 1.06 bits per heavy atom. The summed E-state index contributed by atoms with van der Waals surface area (Å²) in [6.07, 6.45) is 6.93. The van der Waals surface area contributed by atoms with Crippen LogP contribution in [0.5, 0.6) is 0 Å². The van der Waals surface area contributed by atoms with Gasteiger partial charge in [-0.3, -0.25) is 9.59 Å². The monoisotopic (exact) mass is 451 g/mol. The molecule has 9 heteroatoms. The van der Waals surface area contributed by atoms with Crippen LogP contribution in [0.1, 0.15) is 50.5 Å². The Labute approximate surface area is 184 Å². The summed E-state index contributed by atoms with van der Waals surface area (Å²) >= 11 is 0. The Bertz CT molecular complexity index is 844. The molecule has 0 spiro atoms. The topological polar surface area (TPSA) is 105 Å². The molecule has 1 aliphatic heterocycles. The summed E-state index contributed by atoms with van der Waals surface area (Å²) in [5.41, 5.74) is 0.946. The molecular formula is C22H33N3O5S. The van der Waals surface area contributed by atoms with Crippen molar-refractivity contribution in [2.75, 3.05) is 26.2 Å². The van der Waals surface area contributed by atoms with Gasteiger partial charge >= 0.3 is 0 Å². The molecular weight excluding hydrogens is 418 g/mol. The maximum Gasteiger partial charge on any atom is 0.241 e. The highest BCUT2D eigenvalue weighted by atomic mass is 32.2. The number of nitrogens with one attached hydrogen (secondary N) is 2. The van der Waals surface area contributed by atoms with Crippen molar-refractivity contribution in [1.82, 2.24) is 14.9 Å². The fourth-order valence-corrected chi connectivity index (χ4v) is 5.03. The van der Waals surface area contributed by atoms with Crippen LogP contribution < -0.4 is 10.0 Å². The van der Waals surface area contributed by atoms with Gasteiger partial charge in [-0.05, 0) is 44.7 Å². The van der Waals surface area contributed by atoms with E-state index in [4.69, 9.17) is 4.74 Å². The summed E-state index contributed by atoms with van der Waals surface area (Å²) in [4.78, 5) is 26.9.